The average Bonchev–Trinajstić information content (AvgIpc) is 3.04. The minimum absolute atomic E-state index is 0.0573. The van der Waals surface area contributed by atoms with Gasteiger partial charge in [-0.05, 0) is 36.6 Å². The molecule has 1 N–H and O–H groups in total. The molecule has 0 spiro atoms. The summed E-state index contributed by atoms with van der Waals surface area (Å²) in [4.78, 5) is 8.04. The van der Waals surface area contributed by atoms with Crippen LogP contribution in [0.2, 0.25) is 5.28 Å². The lowest BCUT2D eigenvalue weighted by Gasteiger charge is -2.08. The molecule has 1 saturated carbocycles. The lowest BCUT2D eigenvalue weighted by molar-refractivity contribution is 0.635. The van der Waals surface area contributed by atoms with E-state index in [1.54, 1.807) is 6.07 Å². The first-order chi connectivity index (χ1) is 8.13. The predicted octanol–water partition coefficient (Wildman–Crippen LogP) is 3.76. The molecule has 3 nitrogen and oxygen atoms in total. The topological polar surface area (TPSA) is 37.8 Å². The van der Waals surface area contributed by atoms with E-state index in [9.17, 15) is 4.39 Å². The summed E-state index contributed by atoms with van der Waals surface area (Å²) < 4.78 is 14.4. The molecule has 6 heteroatoms. The maximum Gasteiger partial charge on any atom is 0.225 e. The molecule has 0 bridgehead atoms. The molecule has 1 heterocycles. The summed E-state index contributed by atoms with van der Waals surface area (Å²) in [7, 11) is 0. The second-order valence-corrected chi connectivity index (χ2v) is 5.30. The van der Waals surface area contributed by atoms with Gasteiger partial charge in [0.2, 0.25) is 5.28 Å². The van der Waals surface area contributed by atoms with E-state index in [1.807, 2.05) is 0 Å². The Hall–Kier alpha value is -0.940. The van der Waals surface area contributed by atoms with Crippen LogP contribution in [-0.4, -0.2) is 16.0 Å². The maximum absolute atomic E-state index is 13.8. The molecular formula is C11H8BrClFN3. The lowest BCUT2D eigenvalue weighted by atomic mass is 10.2. The summed E-state index contributed by atoms with van der Waals surface area (Å²) in [5, 5.41) is 3.93. The fourth-order valence-electron chi connectivity index (χ4n) is 1.66. The van der Waals surface area contributed by atoms with Crippen molar-refractivity contribution in [2.45, 2.75) is 18.9 Å². The van der Waals surface area contributed by atoms with Gasteiger partial charge in [-0.1, -0.05) is 15.9 Å². The zero-order valence-electron chi connectivity index (χ0n) is 8.67. The van der Waals surface area contributed by atoms with Crippen molar-refractivity contribution in [3.63, 3.8) is 0 Å². The van der Waals surface area contributed by atoms with Crippen molar-refractivity contribution in [1.82, 2.24) is 9.97 Å². The molecule has 1 aliphatic carbocycles. The molecule has 1 aromatic heterocycles. The Bertz CT molecular complexity index is 601. The Labute approximate surface area is 111 Å². The van der Waals surface area contributed by atoms with Gasteiger partial charge in [-0.3, -0.25) is 0 Å². The van der Waals surface area contributed by atoms with E-state index >= 15 is 0 Å². The number of hydrogen-bond acceptors (Lipinski definition) is 3. The quantitative estimate of drug-likeness (QED) is 0.857. The summed E-state index contributed by atoms with van der Waals surface area (Å²) in [5.41, 5.74) is 0.247. The van der Waals surface area contributed by atoms with E-state index < -0.39 is 5.82 Å². The molecular weight excluding hydrogens is 308 g/mol. The van der Waals surface area contributed by atoms with Gasteiger partial charge in [0, 0.05) is 15.9 Å². The second-order valence-electron chi connectivity index (χ2n) is 4.04. The first-order valence-electron chi connectivity index (χ1n) is 5.22. The van der Waals surface area contributed by atoms with Crippen LogP contribution in [0, 0.1) is 5.82 Å². The van der Waals surface area contributed by atoms with E-state index in [4.69, 9.17) is 11.6 Å². The molecule has 0 atom stereocenters. The molecule has 3 rings (SSSR count). The van der Waals surface area contributed by atoms with Gasteiger partial charge in [0.25, 0.3) is 0 Å². The van der Waals surface area contributed by atoms with Crippen LogP contribution >= 0.6 is 27.5 Å². The van der Waals surface area contributed by atoms with Gasteiger partial charge in [-0.25, -0.2) is 14.4 Å². The standard InChI is InChI=1S/C11H8BrClFN3/c12-5-3-7-9(8(14)4-5)16-11(13)17-10(7)15-6-1-2-6/h3-4,6H,1-2H2,(H,15,16,17). The van der Waals surface area contributed by atoms with Crippen molar-refractivity contribution >= 4 is 44.3 Å². The van der Waals surface area contributed by atoms with Gasteiger partial charge in [-0.2, -0.15) is 0 Å². The Morgan fingerprint density at radius 1 is 1.35 bits per heavy atom. The van der Waals surface area contributed by atoms with Gasteiger partial charge in [0.15, 0.2) is 5.82 Å². The van der Waals surface area contributed by atoms with E-state index in [-0.39, 0.29) is 10.8 Å². The van der Waals surface area contributed by atoms with Gasteiger partial charge in [0.05, 0.1) is 0 Å². The van der Waals surface area contributed by atoms with Crippen molar-refractivity contribution in [2.75, 3.05) is 5.32 Å². The van der Waals surface area contributed by atoms with Crippen molar-refractivity contribution in [1.29, 1.82) is 0 Å². The van der Waals surface area contributed by atoms with Crippen LogP contribution in [-0.2, 0) is 0 Å². The molecule has 17 heavy (non-hydrogen) atoms. The van der Waals surface area contributed by atoms with Crippen LogP contribution < -0.4 is 5.32 Å². The van der Waals surface area contributed by atoms with Gasteiger partial charge >= 0.3 is 0 Å². The van der Waals surface area contributed by atoms with E-state index in [0.717, 1.165) is 12.8 Å². The normalized spacial score (nSPS) is 15.2. The summed E-state index contributed by atoms with van der Waals surface area (Å²) in [6, 6.07) is 3.58. The minimum Gasteiger partial charge on any atom is -0.367 e. The SMILES string of the molecule is Fc1cc(Br)cc2c(NC3CC3)nc(Cl)nc12. The monoisotopic (exact) mass is 315 g/mol. The number of aromatic nitrogens is 2. The zero-order valence-corrected chi connectivity index (χ0v) is 11.0. The highest BCUT2D eigenvalue weighted by Crippen LogP contribution is 2.31. The third kappa shape index (κ3) is 2.21. The molecule has 0 radical (unpaired) electrons. The van der Waals surface area contributed by atoms with Crippen molar-refractivity contribution < 1.29 is 4.39 Å². The van der Waals surface area contributed by atoms with Crippen LogP contribution in [0.25, 0.3) is 10.9 Å². The number of rotatable bonds is 2. The second kappa shape index (κ2) is 4.07. The van der Waals surface area contributed by atoms with Gasteiger partial charge < -0.3 is 5.32 Å². The molecule has 88 valence electrons. The van der Waals surface area contributed by atoms with Crippen LogP contribution in [0.4, 0.5) is 10.2 Å². The van der Waals surface area contributed by atoms with E-state index in [0.29, 0.717) is 21.7 Å². The number of hydrogen-bond donors (Lipinski definition) is 1. The molecule has 0 saturated heterocycles. The predicted molar refractivity (Wildman–Crippen MR) is 68.9 cm³/mol. The summed E-state index contributed by atoms with van der Waals surface area (Å²) in [6.07, 6.45) is 2.22. The number of halogens is 3. The van der Waals surface area contributed by atoms with E-state index in [2.05, 4.69) is 31.2 Å². The highest BCUT2D eigenvalue weighted by molar-refractivity contribution is 9.10. The molecule has 0 aliphatic heterocycles. The minimum atomic E-state index is -0.405. The molecule has 1 aromatic carbocycles. The average molecular weight is 317 g/mol. The Morgan fingerprint density at radius 3 is 2.82 bits per heavy atom. The van der Waals surface area contributed by atoms with Crippen molar-refractivity contribution in [2.24, 2.45) is 0 Å². The molecule has 2 aromatic rings. The first-order valence-corrected chi connectivity index (χ1v) is 6.39. The smallest absolute Gasteiger partial charge is 0.225 e. The highest BCUT2D eigenvalue weighted by atomic mass is 79.9. The summed E-state index contributed by atoms with van der Waals surface area (Å²) in [6.45, 7) is 0. The molecule has 0 unspecified atom stereocenters. The van der Waals surface area contributed by atoms with E-state index in [1.165, 1.54) is 6.07 Å². The maximum atomic E-state index is 13.8. The van der Waals surface area contributed by atoms with Gasteiger partial charge in [-0.15, -0.1) is 0 Å². The fourth-order valence-corrected chi connectivity index (χ4v) is 2.26. The number of anilines is 1. The molecule has 0 amide bonds. The first kappa shape index (κ1) is 11.2. The number of nitrogens with zero attached hydrogens (tertiary/aromatic N) is 2. The molecule has 1 fully saturated rings. The van der Waals surface area contributed by atoms with Crippen LogP contribution in [0.5, 0.6) is 0 Å². The largest absolute Gasteiger partial charge is 0.367 e. The van der Waals surface area contributed by atoms with Crippen LogP contribution in [0.1, 0.15) is 12.8 Å². The number of nitrogens with one attached hydrogen (secondary N) is 1. The van der Waals surface area contributed by atoms with Crippen LogP contribution in [0.15, 0.2) is 16.6 Å². The third-order valence-electron chi connectivity index (χ3n) is 2.61. The Balaban J connectivity index is 2.24. The number of fused-ring (bicyclic) bond motifs is 1. The van der Waals surface area contributed by atoms with Crippen molar-refractivity contribution in [3.05, 3.63) is 27.7 Å². The number of benzene rings is 1. The molecule has 1 aliphatic rings. The fraction of sp³-hybridized carbons (Fsp3) is 0.273. The lowest BCUT2D eigenvalue weighted by Crippen LogP contribution is -2.05. The van der Waals surface area contributed by atoms with Crippen molar-refractivity contribution in [3.8, 4) is 0 Å². The van der Waals surface area contributed by atoms with Crippen LogP contribution in [0.3, 0.4) is 0 Å². The third-order valence-corrected chi connectivity index (χ3v) is 3.24. The highest BCUT2D eigenvalue weighted by Gasteiger charge is 2.23. The summed E-state index contributed by atoms with van der Waals surface area (Å²) in [5.74, 6) is 0.195. The Kier molecular flexibility index (Phi) is 2.67. The van der Waals surface area contributed by atoms with Gasteiger partial charge in [0.1, 0.15) is 11.3 Å². The summed E-state index contributed by atoms with van der Waals surface area (Å²) >= 11 is 9.06. The Morgan fingerprint density at radius 2 is 2.12 bits per heavy atom. The zero-order chi connectivity index (χ0) is 12.0.